The number of hydrogen-bond acceptors (Lipinski definition) is 16. The fourth-order valence-corrected chi connectivity index (χ4v) is 0. The van der Waals surface area contributed by atoms with Crippen LogP contribution in [0.5, 0.6) is 0 Å². The molecule has 0 spiro atoms. The minimum absolute atomic E-state index is 0. The molecular formula is O16P4Si3. The van der Waals surface area contributed by atoms with Gasteiger partial charge in [0, 0.05) is 0 Å². The molecule has 0 amide bonds. The molecular weight excluding hydrogens is 464 g/mol. The molecule has 16 nitrogen and oxygen atoms in total. The normalized spacial score (nSPS) is 10.3. The Bertz CT molecular complexity index is 292. The predicted molar refractivity (Wildman–Crippen MR) is 47.7 cm³/mol. The van der Waals surface area contributed by atoms with Crippen molar-refractivity contribution >= 4 is 64.2 Å². The summed E-state index contributed by atoms with van der Waals surface area (Å²) in [6, 6.07) is 0. The van der Waals surface area contributed by atoms with Gasteiger partial charge < -0.3 is 77.0 Å². The van der Waals surface area contributed by atoms with E-state index in [1.54, 1.807) is 0 Å². The first-order valence-corrected chi connectivity index (χ1v) is 8.76. The summed E-state index contributed by atoms with van der Waals surface area (Å²) < 4.78 is 34.2. The predicted octanol–water partition coefficient (Wildman–Crippen LogP) is -12.4. The third-order valence-corrected chi connectivity index (χ3v) is 0. The Balaban J connectivity index is -0.0000000284. The van der Waals surface area contributed by atoms with Crippen LogP contribution in [0, 0.1) is 0 Å². The van der Waals surface area contributed by atoms with Gasteiger partial charge in [-0.2, -0.15) is 31.3 Å². The van der Waals surface area contributed by atoms with Crippen molar-refractivity contribution in [1.82, 2.24) is 0 Å². The Labute approximate surface area is 141 Å². The summed E-state index contributed by atoms with van der Waals surface area (Å²) in [5.41, 5.74) is 0. The van der Waals surface area contributed by atoms with Gasteiger partial charge in [-0.25, -0.2) is 0 Å². The zero-order chi connectivity index (χ0) is 18.0. The zero-order valence-electron chi connectivity index (χ0n) is 9.82. The molecule has 0 N–H and O–H groups in total. The van der Waals surface area contributed by atoms with Crippen LogP contribution in [-0.4, -0.2) is 32.9 Å². The second kappa shape index (κ2) is 17.9. The Morgan fingerprint density at radius 2 is 0.304 bits per heavy atom. The minimum Gasteiger partial charge on any atom is -0.822 e. The van der Waals surface area contributed by atoms with Gasteiger partial charge in [0.15, 0.2) is 0 Å². The summed E-state index contributed by atoms with van der Waals surface area (Å²) in [5.74, 6) is 0. The van der Waals surface area contributed by atoms with Gasteiger partial charge in [-0.3, -0.25) is 0 Å². The summed E-state index contributed by atoms with van der Waals surface area (Å²) in [7, 11) is -21.6. The van der Waals surface area contributed by atoms with Gasteiger partial charge in [0.25, 0.3) is 0 Å². The zero-order valence-corrected chi connectivity index (χ0v) is 16.4. The van der Waals surface area contributed by atoms with E-state index in [1.807, 2.05) is 0 Å². The summed E-state index contributed by atoms with van der Waals surface area (Å²) >= 11 is 0. The molecule has 0 heterocycles. The molecule has 23 heavy (non-hydrogen) atoms. The second-order valence-corrected chi connectivity index (χ2v) is 5.37. The van der Waals surface area contributed by atoms with Gasteiger partial charge in [-0.1, -0.05) is 0 Å². The molecule has 0 rings (SSSR count). The van der Waals surface area contributed by atoms with E-state index in [-0.39, 0.29) is 32.9 Å². The molecule has 0 unspecified atom stereocenters. The van der Waals surface area contributed by atoms with Crippen LogP contribution in [0.25, 0.3) is 0 Å². The van der Waals surface area contributed by atoms with Crippen molar-refractivity contribution in [2.45, 2.75) is 0 Å². The fraction of sp³-hybridized carbons (Fsp3) is 0. The third-order valence-electron chi connectivity index (χ3n) is 0. The quantitative estimate of drug-likeness (QED) is 0.237. The van der Waals surface area contributed by atoms with Crippen LogP contribution < -0.4 is 58.7 Å². The van der Waals surface area contributed by atoms with Crippen molar-refractivity contribution in [2.24, 2.45) is 0 Å². The van der Waals surface area contributed by atoms with E-state index < -0.39 is 31.3 Å². The SMILES string of the molecule is O=P([O-])([O-])[O-].O=P([O-])([O-])[O-].O=P([O-])([O-])[O-].O=P([O-])([O-])[O-].[Si+4].[Si+4].[Si+4]. The van der Waals surface area contributed by atoms with Crippen LogP contribution >= 0.6 is 31.3 Å². The fourth-order valence-electron chi connectivity index (χ4n) is 0. The second-order valence-electron chi connectivity index (χ2n) is 1.79. The van der Waals surface area contributed by atoms with Crippen molar-refractivity contribution in [2.75, 3.05) is 0 Å². The molecule has 0 aliphatic carbocycles. The monoisotopic (exact) mass is 464 g/mol. The standard InChI is InChI=1S/4H3O4P.3Si/c4*1-5(2,3)4;;;/h4*(H3,1,2,3,4);;;/q;;;;3*+4/p-12. The molecule has 0 aliphatic heterocycles. The first kappa shape index (κ1) is 44.0. The van der Waals surface area contributed by atoms with E-state index in [9.17, 15) is 0 Å². The summed E-state index contributed by atoms with van der Waals surface area (Å²) in [4.78, 5) is 103. The van der Waals surface area contributed by atoms with Gasteiger partial charge in [0.2, 0.25) is 0 Å². The Kier molecular flexibility index (Phi) is 34.2. The molecule has 0 aliphatic rings. The topological polar surface area (TPSA) is 345 Å². The van der Waals surface area contributed by atoms with Crippen molar-refractivity contribution in [1.29, 1.82) is 0 Å². The maximum absolute atomic E-state index is 8.55. The number of rotatable bonds is 0. The first-order valence-electron chi connectivity index (χ1n) is 2.92. The Hall–Kier alpha value is 1.09. The molecule has 0 saturated heterocycles. The largest absolute Gasteiger partial charge is 4.00 e. The smallest absolute Gasteiger partial charge is 0.822 e. The van der Waals surface area contributed by atoms with Crippen molar-refractivity contribution < 1.29 is 77.0 Å². The molecule has 0 saturated carbocycles. The Morgan fingerprint density at radius 3 is 0.304 bits per heavy atom. The van der Waals surface area contributed by atoms with Gasteiger partial charge >= 0.3 is 32.9 Å². The molecule has 0 radical (unpaired) electrons. The summed E-state index contributed by atoms with van der Waals surface area (Å²) in [6.45, 7) is 0. The molecule has 0 aromatic rings. The van der Waals surface area contributed by atoms with Crippen LogP contribution in [0.4, 0.5) is 0 Å². The minimum atomic E-state index is -5.39. The maximum Gasteiger partial charge on any atom is 4.00 e. The van der Waals surface area contributed by atoms with Crippen LogP contribution in [0.1, 0.15) is 0 Å². The molecule has 23 heteroatoms. The Morgan fingerprint density at radius 1 is 0.304 bits per heavy atom. The van der Waals surface area contributed by atoms with Gasteiger partial charge in [0.05, 0.1) is 0 Å². The van der Waals surface area contributed by atoms with E-state index in [1.165, 1.54) is 0 Å². The summed E-state index contributed by atoms with van der Waals surface area (Å²) in [6.07, 6.45) is 0. The maximum atomic E-state index is 8.55. The van der Waals surface area contributed by atoms with Crippen LogP contribution in [-0.2, 0) is 18.3 Å². The third kappa shape index (κ3) is 8630. The van der Waals surface area contributed by atoms with E-state index >= 15 is 0 Å². The van der Waals surface area contributed by atoms with E-state index in [0.29, 0.717) is 0 Å². The van der Waals surface area contributed by atoms with Crippen LogP contribution in [0.15, 0.2) is 0 Å². The van der Waals surface area contributed by atoms with E-state index in [0.717, 1.165) is 0 Å². The molecule has 0 fully saturated rings. The molecule has 0 aromatic heterocycles. The molecule has 0 bridgehead atoms. The van der Waals surface area contributed by atoms with Gasteiger partial charge in [-0.15, -0.1) is 0 Å². The number of phosphoric acid groups is 4. The van der Waals surface area contributed by atoms with Crippen molar-refractivity contribution in [3.63, 3.8) is 0 Å². The average Bonchev–Trinajstić information content (AvgIpc) is 1.62. The molecule has 0 aromatic carbocycles. The van der Waals surface area contributed by atoms with E-state index in [4.69, 9.17) is 77.0 Å². The molecule has 0 atom stereocenters. The average molecular weight is 464 g/mol. The van der Waals surface area contributed by atoms with Gasteiger partial charge in [0.1, 0.15) is 0 Å². The molecule has 128 valence electrons. The van der Waals surface area contributed by atoms with Crippen molar-refractivity contribution in [3.8, 4) is 0 Å². The van der Waals surface area contributed by atoms with Crippen LogP contribution in [0.2, 0.25) is 0 Å². The first-order chi connectivity index (χ1) is 8.00. The van der Waals surface area contributed by atoms with Crippen LogP contribution in [0.3, 0.4) is 0 Å². The van der Waals surface area contributed by atoms with E-state index in [2.05, 4.69) is 0 Å². The van der Waals surface area contributed by atoms with Crippen molar-refractivity contribution in [3.05, 3.63) is 0 Å². The number of hydrogen-bond donors (Lipinski definition) is 0. The summed E-state index contributed by atoms with van der Waals surface area (Å²) in [5, 5.41) is 0. The van der Waals surface area contributed by atoms with Gasteiger partial charge in [-0.05, 0) is 0 Å².